The fourth-order valence-electron chi connectivity index (χ4n) is 5.01. The highest BCUT2D eigenvalue weighted by molar-refractivity contribution is 6.07. The molecule has 2 saturated heterocycles. The number of rotatable bonds is 5. The van der Waals surface area contributed by atoms with Crippen LogP contribution in [0.5, 0.6) is 0 Å². The Balaban J connectivity index is 1.35. The SMILES string of the molecule is CN1CCC(NC(=O)c2c[nH]c3ccc(-c4cncc(CN5CCCCC5)c4)cc23)CC1. The second-order valence-corrected chi connectivity index (χ2v) is 9.43. The molecule has 0 aliphatic carbocycles. The first-order chi connectivity index (χ1) is 15.7. The quantitative estimate of drug-likeness (QED) is 0.640. The van der Waals surface area contributed by atoms with Crippen molar-refractivity contribution in [3.63, 3.8) is 0 Å². The van der Waals surface area contributed by atoms with E-state index in [0.717, 1.165) is 60.1 Å². The number of amides is 1. The summed E-state index contributed by atoms with van der Waals surface area (Å²) >= 11 is 0. The third-order valence-electron chi connectivity index (χ3n) is 6.96. The first-order valence-corrected chi connectivity index (χ1v) is 11.9. The molecule has 0 bridgehead atoms. The van der Waals surface area contributed by atoms with E-state index in [2.05, 4.69) is 56.4 Å². The summed E-state index contributed by atoms with van der Waals surface area (Å²) in [4.78, 5) is 25.6. The summed E-state index contributed by atoms with van der Waals surface area (Å²) in [7, 11) is 2.13. The van der Waals surface area contributed by atoms with Gasteiger partial charge in [-0.05, 0) is 88.2 Å². The Morgan fingerprint density at radius 3 is 2.69 bits per heavy atom. The molecule has 2 aliphatic heterocycles. The Morgan fingerprint density at radius 1 is 1.06 bits per heavy atom. The van der Waals surface area contributed by atoms with Gasteiger partial charge in [0.25, 0.3) is 5.91 Å². The minimum absolute atomic E-state index is 0.0138. The molecule has 32 heavy (non-hydrogen) atoms. The van der Waals surface area contributed by atoms with Crippen molar-refractivity contribution in [1.29, 1.82) is 0 Å². The van der Waals surface area contributed by atoms with Crippen LogP contribution in [0.15, 0.2) is 42.9 Å². The number of carbonyl (C=O) groups excluding carboxylic acids is 1. The van der Waals surface area contributed by atoms with Crippen molar-refractivity contribution in [1.82, 2.24) is 25.1 Å². The number of H-pyrrole nitrogens is 1. The predicted molar refractivity (Wildman–Crippen MR) is 129 cm³/mol. The molecule has 0 unspecified atom stereocenters. The minimum atomic E-state index is 0.0138. The molecule has 0 saturated carbocycles. The van der Waals surface area contributed by atoms with Gasteiger partial charge in [-0.3, -0.25) is 14.7 Å². The molecule has 5 rings (SSSR count). The zero-order chi connectivity index (χ0) is 21.9. The summed E-state index contributed by atoms with van der Waals surface area (Å²) in [6.45, 7) is 5.37. The van der Waals surface area contributed by atoms with E-state index in [1.54, 1.807) is 0 Å². The van der Waals surface area contributed by atoms with Crippen molar-refractivity contribution in [3.05, 3.63) is 54.0 Å². The van der Waals surface area contributed by atoms with Crippen LogP contribution in [0.2, 0.25) is 0 Å². The summed E-state index contributed by atoms with van der Waals surface area (Å²) in [5.41, 5.74) is 5.15. The van der Waals surface area contributed by atoms with E-state index < -0.39 is 0 Å². The molecule has 3 aromatic rings. The molecule has 2 N–H and O–H groups in total. The number of carbonyl (C=O) groups is 1. The molecule has 0 atom stereocenters. The van der Waals surface area contributed by atoms with E-state index in [-0.39, 0.29) is 11.9 Å². The Labute approximate surface area is 190 Å². The lowest BCUT2D eigenvalue weighted by Gasteiger charge is -2.29. The molecule has 6 nitrogen and oxygen atoms in total. The summed E-state index contributed by atoms with van der Waals surface area (Å²) in [6, 6.07) is 8.79. The molecule has 0 radical (unpaired) electrons. The number of nitrogens with one attached hydrogen (secondary N) is 2. The molecule has 168 valence electrons. The van der Waals surface area contributed by atoms with Crippen LogP contribution >= 0.6 is 0 Å². The maximum absolute atomic E-state index is 13.0. The monoisotopic (exact) mass is 431 g/mol. The molecular formula is C26H33N5O. The molecule has 2 aliphatic rings. The lowest BCUT2D eigenvalue weighted by Crippen LogP contribution is -2.43. The highest BCUT2D eigenvalue weighted by atomic mass is 16.1. The summed E-state index contributed by atoms with van der Waals surface area (Å²) in [5.74, 6) is 0.0138. The average Bonchev–Trinajstić information content (AvgIpc) is 3.25. The highest BCUT2D eigenvalue weighted by Gasteiger charge is 2.21. The molecule has 1 aromatic carbocycles. The zero-order valence-corrected chi connectivity index (χ0v) is 18.9. The standard InChI is InChI=1S/C26H33N5O/c1-30-11-7-22(8-12-30)29-26(32)24-17-28-25-6-5-20(14-23(24)25)21-13-19(15-27-16-21)18-31-9-3-2-4-10-31/h5-6,13-17,22,28H,2-4,7-12,18H2,1H3,(H,29,32). The molecule has 2 fully saturated rings. The van der Waals surface area contributed by atoms with Crippen molar-refractivity contribution in [3.8, 4) is 11.1 Å². The number of likely N-dealkylation sites (tertiary alicyclic amines) is 2. The second kappa shape index (κ2) is 9.43. The van der Waals surface area contributed by atoms with E-state index in [9.17, 15) is 4.79 Å². The van der Waals surface area contributed by atoms with E-state index in [0.29, 0.717) is 0 Å². The largest absolute Gasteiger partial charge is 0.360 e. The van der Waals surface area contributed by atoms with Gasteiger partial charge in [0, 0.05) is 47.6 Å². The molecule has 4 heterocycles. The third-order valence-corrected chi connectivity index (χ3v) is 6.96. The van der Waals surface area contributed by atoms with Crippen LogP contribution in [0.1, 0.15) is 48.0 Å². The Kier molecular flexibility index (Phi) is 6.23. The van der Waals surface area contributed by atoms with Crippen LogP contribution in [-0.2, 0) is 6.54 Å². The van der Waals surface area contributed by atoms with Crippen molar-refractivity contribution in [2.45, 2.75) is 44.7 Å². The van der Waals surface area contributed by atoms with Gasteiger partial charge in [-0.25, -0.2) is 0 Å². The van der Waals surface area contributed by atoms with Crippen molar-refractivity contribution < 1.29 is 4.79 Å². The summed E-state index contributed by atoms with van der Waals surface area (Å²) in [5, 5.41) is 4.21. The molecule has 2 aromatic heterocycles. The molecular weight excluding hydrogens is 398 g/mol. The van der Waals surface area contributed by atoms with E-state index in [1.807, 2.05) is 18.6 Å². The van der Waals surface area contributed by atoms with Gasteiger partial charge in [0.05, 0.1) is 5.56 Å². The van der Waals surface area contributed by atoms with Crippen LogP contribution < -0.4 is 5.32 Å². The molecule has 1 amide bonds. The van der Waals surface area contributed by atoms with Crippen molar-refractivity contribution in [2.75, 3.05) is 33.2 Å². The number of hydrogen-bond donors (Lipinski definition) is 2. The third kappa shape index (κ3) is 4.71. The first kappa shape index (κ1) is 21.2. The maximum Gasteiger partial charge on any atom is 0.253 e. The number of hydrogen-bond acceptors (Lipinski definition) is 4. The lowest BCUT2D eigenvalue weighted by molar-refractivity contribution is 0.0918. The lowest BCUT2D eigenvalue weighted by atomic mass is 10.0. The van der Waals surface area contributed by atoms with Crippen LogP contribution in [-0.4, -0.2) is 64.9 Å². The number of aromatic nitrogens is 2. The smallest absolute Gasteiger partial charge is 0.253 e. The zero-order valence-electron chi connectivity index (χ0n) is 18.9. The Bertz CT molecular complexity index is 1080. The van der Waals surface area contributed by atoms with E-state index in [1.165, 1.54) is 37.9 Å². The van der Waals surface area contributed by atoms with Gasteiger partial charge in [-0.15, -0.1) is 0 Å². The number of piperidine rings is 2. The number of aromatic amines is 1. The van der Waals surface area contributed by atoms with Gasteiger partial charge < -0.3 is 15.2 Å². The summed E-state index contributed by atoms with van der Waals surface area (Å²) in [6.07, 6.45) is 11.7. The molecule has 6 heteroatoms. The number of benzene rings is 1. The van der Waals surface area contributed by atoms with Gasteiger partial charge >= 0.3 is 0 Å². The minimum Gasteiger partial charge on any atom is -0.360 e. The van der Waals surface area contributed by atoms with Gasteiger partial charge in [0.15, 0.2) is 0 Å². The summed E-state index contributed by atoms with van der Waals surface area (Å²) < 4.78 is 0. The van der Waals surface area contributed by atoms with Gasteiger partial charge in [-0.2, -0.15) is 0 Å². The van der Waals surface area contributed by atoms with Gasteiger partial charge in [0.1, 0.15) is 0 Å². The van der Waals surface area contributed by atoms with Crippen molar-refractivity contribution in [2.24, 2.45) is 0 Å². The topological polar surface area (TPSA) is 64.3 Å². The second-order valence-electron chi connectivity index (χ2n) is 9.43. The number of fused-ring (bicyclic) bond motifs is 1. The highest BCUT2D eigenvalue weighted by Crippen LogP contribution is 2.27. The fourth-order valence-corrected chi connectivity index (χ4v) is 5.01. The normalized spacial score (nSPS) is 18.8. The number of nitrogens with zero attached hydrogens (tertiary/aromatic N) is 3. The number of pyridine rings is 1. The maximum atomic E-state index is 13.0. The Hall–Kier alpha value is -2.70. The van der Waals surface area contributed by atoms with Crippen LogP contribution in [0.4, 0.5) is 0 Å². The van der Waals surface area contributed by atoms with Crippen molar-refractivity contribution >= 4 is 16.8 Å². The first-order valence-electron chi connectivity index (χ1n) is 11.9. The van der Waals surface area contributed by atoms with E-state index >= 15 is 0 Å². The fraction of sp³-hybridized carbons (Fsp3) is 0.462. The van der Waals surface area contributed by atoms with E-state index in [4.69, 9.17) is 0 Å². The Morgan fingerprint density at radius 2 is 1.88 bits per heavy atom. The molecule has 0 spiro atoms. The van der Waals surface area contributed by atoms with Crippen LogP contribution in [0.3, 0.4) is 0 Å². The predicted octanol–water partition coefficient (Wildman–Crippen LogP) is 4.04. The van der Waals surface area contributed by atoms with Crippen LogP contribution in [0.25, 0.3) is 22.0 Å². The van der Waals surface area contributed by atoms with Crippen LogP contribution in [0, 0.1) is 0 Å². The van der Waals surface area contributed by atoms with Gasteiger partial charge in [-0.1, -0.05) is 12.5 Å². The average molecular weight is 432 g/mol. The van der Waals surface area contributed by atoms with Gasteiger partial charge in [0.2, 0.25) is 0 Å².